The van der Waals surface area contributed by atoms with Gasteiger partial charge in [-0.2, -0.15) is 4.31 Å². The van der Waals surface area contributed by atoms with Gasteiger partial charge in [0.2, 0.25) is 10.0 Å². The first-order valence-corrected chi connectivity index (χ1v) is 11.9. The minimum Gasteiger partial charge on any atom is -0.372 e. The van der Waals surface area contributed by atoms with Gasteiger partial charge in [-0.05, 0) is 48.9 Å². The van der Waals surface area contributed by atoms with Gasteiger partial charge in [0.15, 0.2) is 0 Å². The van der Waals surface area contributed by atoms with E-state index in [-0.39, 0.29) is 10.5 Å². The van der Waals surface area contributed by atoms with Crippen LogP contribution in [0.2, 0.25) is 0 Å². The predicted octanol–water partition coefficient (Wildman–Crippen LogP) is 3.33. The van der Waals surface area contributed by atoms with Crippen molar-refractivity contribution in [3.8, 4) is 0 Å². The number of thiophene rings is 1. The average molecular weight is 425 g/mol. The van der Waals surface area contributed by atoms with Gasteiger partial charge in [0.25, 0.3) is 0 Å². The number of ether oxygens (including phenoxy) is 1. The first-order valence-electron chi connectivity index (χ1n) is 9.61. The summed E-state index contributed by atoms with van der Waals surface area (Å²) in [5.74, 6) is -0.535. The maximum Gasteiger partial charge on any atom is 0.243 e. The molecule has 28 heavy (non-hydrogen) atoms. The number of sulfonamides is 1. The molecule has 2 saturated heterocycles. The molecule has 152 valence electrons. The molecule has 1 aromatic carbocycles. The fourth-order valence-electron chi connectivity index (χ4n) is 4.14. The van der Waals surface area contributed by atoms with Crippen molar-refractivity contribution in [1.29, 1.82) is 0 Å². The second-order valence-electron chi connectivity index (χ2n) is 7.54. The largest absolute Gasteiger partial charge is 0.372 e. The Kier molecular flexibility index (Phi) is 5.85. The van der Waals surface area contributed by atoms with E-state index < -0.39 is 15.8 Å². The number of rotatable bonds is 4. The highest BCUT2D eigenvalue weighted by Crippen LogP contribution is 2.33. The lowest BCUT2D eigenvalue weighted by Gasteiger charge is -2.42. The first-order chi connectivity index (χ1) is 13.5. The Bertz CT molecular complexity index is 904. The van der Waals surface area contributed by atoms with Gasteiger partial charge in [-0.25, -0.2) is 12.8 Å². The molecule has 4 rings (SSSR count). The van der Waals surface area contributed by atoms with Crippen LogP contribution in [0.5, 0.6) is 0 Å². The van der Waals surface area contributed by atoms with E-state index in [9.17, 15) is 12.8 Å². The minimum absolute atomic E-state index is 0.0207. The second kappa shape index (κ2) is 8.20. The molecule has 0 unspecified atom stereocenters. The van der Waals surface area contributed by atoms with Gasteiger partial charge >= 0.3 is 0 Å². The summed E-state index contributed by atoms with van der Waals surface area (Å²) in [5.41, 5.74) is -0.304. The van der Waals surface area contributed by atoms with Crippen LogP contribution in [-0.4, -0.2) is 56.0 Å². The van der Waals surface area contributed by atoms with Crippen LogP contribution in [0.4, 0.5) is 4.39 Å². The SMILES string of the molecule is O=S(=O)(c1cccc(F)c1)N1CCC[C@@]2(CC1)CN(Cc1cccs1)CCO2. The summed E-state index contributed by atoms with van der Waals surface area (Å²) in [6.07, 6.45) is 2.23. The van der Waals surface area contributed by atoms with E-state index in [4.69, 9.17) is 4.74 Å². The van der Waals surface area contributed by atoms with Crippen LogP contribution in [0.25, 0.3) is 0 Å². The molecule has 8 heteroatoms. The monoisotopic (exact) mass is 424 g/mol. The molecule has 2 fully saturated rings. The first kappa shape index (κ1) is 20.0. The molecular weight excluding hydrogens is 399 g/mol. The maximum absolute atomic E-state index is 13.5. The standard InChI is InChI=1S/C20H25FN2O3S2/c21-17-4-1-6-19(14-17)28(24,25)23-9-3-7-20(8-10-23)16-22(11-12-26-20)15-18-5-2-13-27-18/h1-2,4-6,13-14H,3,7-12,15-16H2/t20-/m1/s1. The summed E-state index contributed by atoms with van der Waals surface area (Å²) in [6, 6.07) is 9.46. The van der Waals surface area contributed by atoms with Gasteiger partial charge in [-0.3, -0.25) is 4.90 Å². The number of benzene rings is 1. The van der Waals surface area contributed by atoms with Crippen molar-refractivity contribution in [2.45, 2.75) is 36.3 Å². The zero-order valence-corrected chi connectivity index (χ0v) is 17.4. The average Bonchev–Trinajstić information content (AvgIpc) is 3.09. The Morgan fingerprint density at radius 3 is 2.82 bits per heavy atom. The Hall–Kier alpha value is -1.32. The van der Waals surface area contributed by atoms with E-state index >= 15 is 0 Å². The van der Waals surface area contributed by atoms with Gasteiger partial charge in [0.05, 0.1) is 17.1 Å². The number of nitrogens with zero attached hydrogens (tertiary/aromatic N) is 2. The Balaban J connectivity index is 1.45. The molecule has 2 aromatic rings. The Morgan fingerprint density at radius 1 is 1.14 bits per heavy atom. The van der Waals surface area contributed by atoms with Crippen molar-refractivity contribution >= 4 is 21.4 Å². The lowest BCUT2D eigenvalue weighted by Crippen LogP contribution is -2.51. The Labute approximate surface area is 169 Å². The van der Waals surface area contributed by atoms with Crippen molar-refractivity contribution in [3.63, 3.8) is 0 Å². The zero-order chi connectivity index (χ0) is 19.6. The summed E-state index contributed by atoms with van der Waals surface area (Å²) in [6.45, 7) is 4.13. The van der Waals surface area contributed by atoms with Crippen LogP contribution >= 0.6 is 11.3 Å². The van der Waals surface area contributed by atoms with Gasteiger partial charge in [0, 0.05) is 37.6 Å². The summed E-state index contributed by atoms with van der Waals surface area (Å²) in [5, 5.41) is 2.09. The van der Waals surface area contributed by atoms with Crippen molar-refractivity contribution in [2.75, 3.05) is 32.8 Å². The van der Waals surface area contributed by atoms with Crippen LogP contribution < -0.4 is 0 Å². The van der Waals surface area contributed by atoms with E-state index in [0.717, 1.165) is 38.5 Å². The van der Waals surface area contributed by atoms with Gasteiger partial charge < -0.3 is 4.74 Å². The van der Waals surface area contributed by atoms with E-state index in [0.29, 0.717) is 26.1 Å². The van der Waals surface area contributed by atoms with E-state index in [2.05, 4.69) is 22.4 Å². The van der Waals surface area contributed by atoms with E-state index in [1.807, 2.05) is 0 Å². The minimum atomic E-state index is -3.69. The normalized spacial score (nSPS) is 25.0. The third-order valence-electron chi connectivity index (χ3n) is 5.58. The second-order valence-corrected chi connectivity index (χ2v) is 10.5. The lowest BCUT2D eigenvalue weighted by molar-refractivity contribution is -0.117. The number of hydrogen-bond acceptors (Lipinski definition) is 5. The summed E-state index contributed by atoms with van der Waals surface area (Å²) in [4.78, 5) is 3.76. The highest BCUT2D eigenvalue weighted by Gasteiger charge is 2.40. The smallest absolute Gasteiger partial charge is 0.243 e. The molecule has 2 aliphatic rings. The zero-order valence-electron chi connectivity index (χ0n) is 15.7. The number of morpholine rings is 1. The van der Waals surface area contributed by atoms with Crippen LogP contribution in [0, 0.1) is 5.82 Å². The quantitative estimate of drug-likeness (QED) is 0.756. The number of hydrogen-bond donors (Lipinski definition) is 0. The molecule has 0 N–H and O–H groups in total. The maximum atomic E-state index is 13.5. The predicted molar refractivity (Wildman–Crippen MR) is 107 cm³/mol. The van der Waals surface area contributed by atoms with E-state index in [1.54, 1.807) is 11.3 Å². The molecule has 5 nitrogen and oxygen atoms in total. The highest BCUT2D eigenvalue weighted by atomic mass is 32.2. The molecule has 0 bridgehead atoms. The van der Waals surface area contributed by atoms with Crippen LogP contribution in [-0.2, 0) is 21.3 Å². The van der Waals surface area contributed by atoms with Gasteiger partial charge in [-0.1, -0.05) is 12.1 Å². The van der Waals surface area contributed by atoms with Gasteiger partial charge in [-0.15, -0.1) is 11.3 Å². The summed E-state index contributed by atoms with van der Waals surface area (Å²) in [7, 11) is -3.69. The topological polar surface area (TPSA) is 49.9 Å². The van der Waals surface area contributed by atoms with Gasteiger partial charge in [0.1, 0.15) is 5.82 Å². The fourth-order valence-corrected chi connectivity index (χ4v) is 6.40. The fraction of sp³-hybridized carbons (Fsp3) is 0.500. The number of halogens is 1. The lowest BCUT2D eigenvalue weighted by atomic mass is 9.92. The molecule has 0 aliphatic carbocycles. The molecule has 0 saturated carbocycles. The summed E-state index contributed by atoms with van der Waals surface area (Å²) < 4.78 is 47.1. The molecule has 1 spiro atoms. The van der Waals surface area contributed by atoms with Crippen molar-refractivity contribution in [2.24, 2.45) is 0 Å². The van der Waals surface area contributed by atoms with Crippen LogP contribution in [0.15, 0.2) is 46.7 Å². The van der Waals surface area contributed by atoms with E-state index in [1.165, 1.54) is 27.4 Å². The van der Waals surface area contributed by atoms with Crippen LogP contribution in [0.1, 0.15) is 24.1 Å². The molecular formula is C20H25FN2O3S2. The Morgan fingerprint density at radius 2 is 2.04 bits per heavy atom. The van der Waals surface area contributed by atoms with Crippen molar-refractivity contribution in [1.82, 2.24) is 9.21 Å². The molecule has 0 amide bonds. The molecule has 2 aliphatic heterocycles. The molecule has 0 radical (unpaired) electrons. The third-order valence-corrected chi connectivity index (χ3v) is 8.33. The summed E-state index contributed by atoms with van der Waals surface area (Å²) >= 11 is 1.76. The molecule has 3 heterocycles. The third kappa shape index (κ3) is 4.31. The van der Waals surface area contributed by atoms with Crippen molar-refractivity contribution in [3.05, 3.63) is 52.5 Å². The molecule has 1 atom stereocenters. The highest BCUT2D eigenvalue weighted by molar-refractivity contribution is 7.89. The molecule has 1 aromatic heterocycles. The van der Waals surface area contributed by atoms with Crippen LogP contribution in [0.3, 0.4) is 0 Å². The van der Waals surface area contributed by atoms with Crippen molar-refractivity contribution < 1.29 is 17.5 Å².